The number of hydrogen-bond acceptors (Lipinski definition) is 6. The van der Waals surface area contributed by atoms with Crippen LogP contribution in [0.15, 0.2) is 42.5 Å². The summed E-state index contributed by atoms with van der Waals surface area (Å²) < 4.78 is 5.17. The van der Waals surface area contributed by atoms with Crippen LogP contribution in [-0.4, -0.2) is 30.0 Å². The van der Waals surface area contributed by atoms with E-state index in [1.165, 1.54) is 19.1 Å². The van der Waals surface area contributed by atoms with Crippen LogP contribution in [0.3, 0.4) is 0 Å². The molecule has 0 bridgehead atoms. The largest absolute Gasteiger partial charge is 0.449 e. The fourth-order valence-corrected chi connectivity index (χ4v) is 2.35. The average Bonchev–Trinajstić information content (AvgIpc) is 2.66. The van der Waals surface area contributed by atoms with Crippen LogP contribution in [0.25, 0.3) is 0 Å². The topological polar surface area (TPSA) is 111 Å². The molecule has 2 N–H and O–H groups in total. The van der Waals surface area contributed by atoms with Gasteiger partial charge in [0.05, 0.1) is 10.5 Å². The Morgan fingerprint density at radius 1 is 1.19 bits per heavy atom. The van der Waals surface area contributed by atoms with Crippen molar-refractivity contribution in [2.75, 3.05) is 12.4 Å². The summed E-state index contributed by atoms with van der Waals surface area (Å²) >= 11 is 0. The Kier molecular flexibility index (Phi) is 6.48. The van der Waals surface area contributed by atoms with Crippen molar-refractivity contribution in [2.45, 2.75) is 26.5 Å². The standard InChI is InChI=1S/C19H21N3O5/c1-12-4-6-14(7-5-12)11-21-18(23)13(2)27-19(24)16-10-15(22(25)26)8-9-17(16)20-3/h4-10,13,20H,11H2,1-3H3,(H,21,23)/t13-/m0/s1. The quantitative estimate of drug-likeness (QED) is 0.440. The Morgan fingerprint density at radius 2 is 1.85 bits per heavy atom. The summed E-state index contributed by atoms with van der Waals surface area (Å²) in [5, 5.41) is 16.4. The first-order valence-electron chi connectivity index (χ1n) is 8.32. The van der Waals surface area contributed by atoms with Gasteiger partial charge < -0.3 is 15.4 Å². The van der Waals surface area contributed by atoms with Crippen molar-refractivity contribution >= 4 is 23.3 Å². The second-order valence-electron chi connectivity index (χ2n) is 5.99. The number of rotatable bonds is 7. The number of carbonyl (C=O) groups is 2. The highest BCUT2D eigenvalue weighted by Gasteiger charge is 2.22. The highest BCUT2D eigenvalue weighted by atomic mass is 16.6. The lowest BCUT2D eigenvalue weighted by atomic mass is 10.1. The summed E-state index contributed by atoms with van der Waals surface area (Å²) in [6.07, 6.45) is -1.05. The molecule has 0 aliphatic carbocycles. The number of nitrogens with one attached hydrogen (secondary N) is 2. The Morgan fingerprint density at radius 3 is 2.44 bits per heavy atom. The minimum atomic E-state index is -1.05. The van der Waals surface area contributed by atoms with Crippen LogP contribution in [0.4, 0.5) is 11.4 Å². The van der Waals surface area contributed by atoms with Gasteiger partial charge in [0.1, 0.15) is 0 Å². The molecule has 0 aliphatic rings. The van der Waals surface area contributed by atoms with Gasteiger partial charge in [-0.25, -0.2) is 4.79 Å². The summed E-state index contributed by atoms with van der Waals surface area (Å²) in [5.41, 5.74) is 2.16. The van der Waals surface area contributed by atoms with Gasteiger partial charge >= 0.3 is 5.97 Å². The maximum Gasteiger partial charge on any atom is 0.341 e. The van der Waals surface area contributed by atoms with Crippen molar-refractivity contribution in [3.8, 4) is 0 Å². The SMILES string of the molecule is CNc1ccc([N+](=O)[O-])cc1C(=O)O[C@@H](C)C(=O)NCc1ccc(C)cc1. The van der Waals surface area contributed by atoms with Gasteiger partial charge in [-0.3, -0.25) is 14.9 Å². The fourth-order valence-electron chi connectivity index (χ4n) is 2.35. The molecule has 2 rings (SSSR count). The van der Waals surface area contributed by atoms with E-state index in [9.17, 15) is 19.7 Å². The summed E-state index contributed by atoms with van der Waals surface area (Å²) in [4.78, 5) is 34.8. The van der Waals surface area contributed by atoms with E-state index < -0.39 is 22.9 Å². The summed E-state index contributed by atoms with van der Waals surface area (Å²) in [5.74, 6) is -1.28. The monoisotopic (exact) mass is 371 g/mol. The van der Waals surface area contributed by atoms with Crippen molar-refractivity contribution in [3.63, 3.8) is 0 Å². The van der Waals surface area contributed by atoms with Crippen molar-refractivity contribution in [1.82, 2.24) is 5.32 Å². The first-order valence-corrected chi connectivity index (χ1v) is 8.32. The summed E-state index contributed by atoms with van der Waals surface area (Å²) in [7, 11) is 1.58. The number of nitro groups is 1. The van der Waals surface area contributed by atoms with E-state index in [2.05, 4.69) is 10.6 Å². The van der Waals surface area contributed by atoms with E-state index in [4.69, 9.17) is 4.74 Å². The Hall–Kier alpha value is -3.42. The number of non-ortho nitro benzene ring substituents is 1. The molecule has 0 aromatic heterocycles. The lowest BCUT2D eigenvalue weighted by Crippen LogP contribution is -2.35. The van der Waals surface area contributed by atoms with E-state index in [1.54, 1.807) is 7.05 Å². The fraction of sp³-hybridized carbons (Fsp3) is 0.263. The highest BCUT2D eigenvalue weighted by Crippen LogP contribution is 2.23. The number of aryl methyl sites for hydroxylation is 1. The molecule has 1 amide bonds. The zero-order valence-corrected chi connectivity index (χ0v) is 15.3. The first kappa shape index (κ1) is 19.9. The number of ether oxygens (including phenoxy) is 1. The average molecular weight is 371 g/mol. The molecule has 0 saturated carbocycles. The van der Waals surface area contributed by atoms with Crippen LogP contribution in [0.1, 0.15) is 28.4 Å². The molecular formula is C19H21N3O5. The number of carbonyl (C=O) groups excluding carboxylic acids is 2. The first-order chi connectivity index (χ1) is 12.8. The normalized spacial score (nSPS) is 11.4. The zero-order valence-electron chi connectivity index (χ0n) is 15.3. The summed E-state index contributed by atoms with van der Waals surface area (Å²) in [6.45, 7) is 3.72. The van der Waals surface area contributed by atoms with E-state index in [-0.39, 0.29) is 11.3 Å². The third-order valence-corrected chi connectivity index (χ3v) is 3.94. The molecule has 8 heteroatoms. The summed E-state index contributed by atoms with van der Waals surface area (Å²) in [6, 6.07) is 11.5. The molecule has 1 atom stereocenters. The maximum absolute atomic E-state index is 12.4. The molecule has 2 aromatic rings. The van der Waals surface area contributed by atoms with Gasteiger partial charge in [-0.1, -0.05) is 29.8 Å². The minimum absolute atomic E-state index is 0.00937. The number of benzene rings is 2. The molecule has 0 aliphatic heterocycles. The van der Waals surface area contributed by atoms with E-state index >= 15 is 0 Å². The molecule has 0 spiro atoms. The number of nitrogens with zero attached hydrogens (tertiary/aromatic N) is 1. The Bertz CT molecular complexity index is 849. The second-order valence-corrected chi connectivity index (χ2v) is 5.99. The molecule has 8 nitrogen and oxygen atoms in total. The zero-order chi connectivity index (χ0) is 20.0. The second kappa shape index (κ2) is 8.79. The molecule has 2 aromatic carbocycles. The Balaban J connectivity index is 2.01. The smallest absolute Gasteiger partial charge is 0.341 e. The molecule has 0 heterocycles. The molecule has 0 fully saturated rings. The van der Waals surface area contributed by atoms with Crippen molar-refractivity contribution in [2.24, 2.45) is 0 Å². The van der Waals surface area contributed by atoms with Crippen LogP contribution < -0.4 is 10.6 Å². The van der Waals surface area contributed by atoms with Crippen LogP contribution in [0, 0.1) is 17.0 Å². The Labute approximate surface area is 156 Å². The molecule has 142 valence electrons. The number of esters is 1. The van der Waals surface area contributed by atoms with Gasteiger partial charge in [-0.2, -0.15) is 0 Å². The minimum Gasteiger partial charge on any atom is -0.449 e. The van der Waals surface area contributed by atoms with Crippen molar-refractivity contribution < 1.29 is 19.2 Å². The van der Waals surface area contributed by atoms with E-state index in [0.717, 1.165) is 17.2 Å². The van der Waals surface area contributed by atoms with E-state index in [0.29, 0.717) is 12.2 Å². The van der Waals surface area contributed by atoms with Gasteiger partial charge in [0.25, 0.3) is 11.6 Å². The van der Waals surface area contributed by atoms with Gasteiger partial charge in [0, 0.05) is 31.4 Å². The molecule has 0 unspecified atom stereocenters. The van der Waals surface area contributed by atoms with Crippen LogP contribution in [-0.2, 0) is 16.1 Å². The van der Waals surface area contributed by atoms with Gasteiger partial charge in [-0.05, 0) is 25.5 Å². The number of anilines is 1. The van der Waals surface area contributed by atoms with Crippen LogP contribution in [0.2, 0.25) is 0 Å². The van der Waals surface area contributed by atoms with Crippen LogP contribution in [0.5, 0.6) is 0 Å². The maximum atomic E-state index is 12.4. The van der Waals surface area contributed by atoms with Gasteiger partial charge in [0.2, 0.25) is 0 Å². The lowest BCUT2D eigenvalue weighted by Gasteiger charge is -2.15. The molecular weight excluding hydrogens is 350 g/mol. The predicted octanol–water partition coefficient (Wildman–Crippen LogP) is 2.81. The number of amides is 1. The number of hydrogen-bond donors (Lipinski definition) is 2. The molecule has 0 radical (unpaired) electrons. The highest BCUT2D eigenvalue weighted by molar-refractivity contribution is 5.98. The van der Waals surface area contributed by atoms with Crippen molar-refractivity contribution in [3.05, 3.63) is 69.3 Å². The third kappa shape index (κ3) is 5.27. The molecule has 27 heavy (non-hydrogen) atoms. The predicted molar refractivity (Wildman–Crippen MR) is 101 cm³/mol. The van der Waals surface area contributed by atoms with Crippen LogP contribution >= 0.6 is 0 Å². The van der Waals surface area contributed by atoms with Crippen molar-refractivity contribution in [1.29, 1.82) is 0 Å². The van der Waals surface area contributed by atoms with E-state index in [1.807, 2.05) is 31.2 Å². The lowest BCUT2D eigenvalue weighted by molar-refractivity contribution is -0.384. The molecule has 0 saturated heterocycles. The van der Waals surface area contributed by atoms with Gasteiger partial charge in [-0.15, -0.1) is 0 Å². The number of nitro benzene ring substituents is 1. The van der Waals surface area contributed by atoms with Gasteiger partial charge in [0.15, 0.2) is 6.10 Å². The third-order valence-electron chi connectivity index (χ3n) is 3.94.